The van der Waals surface area contributed by atoms with Crippen LogP contribution in [0.5, 0.6) is 5.75 Å². The van der Waals surface area contributed by atoms with E-state index in [1.165, 1.54) is 0 Å². The molecule has 0 radical (unpaired) electrons. The highest BCUT2D eigenvalue weighted by Gasteiger charge is 2.19. The lowest BCUT2D eigenvalue weighted by molar-refractivity contribution is 0.0793. The monoisotopic (exact) mass is 335 g/mol. The molecule has 1 aliphatic heterocycles. The molecule has 0 spiro atoms. The largest absolute Gasteiger partial charge is 0.493 e. The van der Waals surface area contributed by atoms with Crippen LogP contribution < -0.4 is 4.74 Å². The molecule has 1 aromatic heterocycles. The van der Waals surface area contributed by atoms with Crippen molar-refractivity contribution in [2.75, 3.05) is 19.7 Å². The van der Waals surface area contributed by atoms with Crippen LogP contribution in [0.15, 0.2) is 59.2 Å². The van der Waals surface area contributed by atoms with Crippen LogP contribution in [-0.4, -0.2) is 30.5 Å². The molecule has 0 aliphatic carbocycles. The summed E-state index contributed by atoms with van der Waals surface area (Å²) in [5.74, 6) is 0.901. The minimum Gasteiger partial charge on any atom is -0.493 e. The predicted octanol–water partition coefficient (Wildman–Crippen LogP) is 4.29. The number of rotatable bonds is 5. The second-order valence-corrected chi connectivity index (χ2v) is 6.38. The minimum atomic E-state index is 0.119. The Hall–Kier alpha value is -2.75. The van der Waals surface area contributed by atoms with Gasteiger partial charge in [0.1, 0.15) is 11.3 Å². The number of ether oxygens (including phenoxy) is 1. The van der Waals surface area contributed by atoms with Crippen LogP contribution >= 0.6 is 0 Å². The van der Waals surface area contributed by atoms with Crippen LogP contribution in [0.25, 0.3) is 11.0 Å². The number of hydrogen-bond donors (Lipinski definition) is 0. The fraction of sp³-hybridized carbons (Fsp3) is 0.286. The number of nitrogens with zero attached hydrogens (tertiary/aromatic N) is 1. The fourth-order valence-corrected chi connectivity index (χ4v) is 3.33. The van der Waals surface area contributed by atoms with E-state index in [-0.39, 0.29) is 5.91 Å². The normalized spacial score (nSPS) is 14.2. The van der Waals surface area contributed by atoms with E-state index in [1.54, 1.807) is 6.26 Å². The molecule has 3 aromatic rings. The van der Waals surface area contributed by atoms with E-state index < -0.39 is 0 Å². The summed E-state index contributed by atoms with van der Waals surface area (Å²) in [6, 6.07) is 15.5. The lowest BCUT2D eigenvalue weighted by atomic mass is 10.1. The Balaban J connectivity index is 1.35. The summed E-state index contributed by atoms with van der Waals surface area (Å²) in [4.78, 5) is 14.2. The van der Waals surface area contributed by atoms with E-state index in [9.17, 15) is 4.79 Å². The van der Waals surface area contributed by atoms with Crippen LogP contribution in [-0.2, 0) is 6.42 Å². The van der Waals surface area contributed by atoms with Gasteiger partial charge in [0.15, 0.2) is 0 Å². The third-order valence-corrected chi connectivity index (χ3v) is 4.70. The quantitative estimate of drug-likeness (QED) is 0.698. The Morgan fingerprint density at radius 3 is 2.64 bits per heavy atom. The van der Waals surface area contributed by atoms with Crippen molar-refractivity contribution < 1.29 is 13.9 Å². The molecule has 128 valence electrons. The highest BCUT2D eigenvalue weighted by Crippen LogP contribution is 2.21. The van der Waals surface area contributed by atoms with Crippen molar-refractivity contribution in [3.8, 4) is 5.75 Å². The van der Waals surface area contributed by atoms with Gasteiger partial charge >= 0.3 is 0 Å². The number of benzene rings is 2. The maximum atomic E-state index is 12.3. The second kappa shape index (κ2) is 7.01. The van der Waals surface area contributed by atoms with Gasteiger partial charge in [0.05, 0.1) is 12.9 Å². The van der Waals surface area contributed by atoms with Gasteiger partial charge in [0, 0.05) is 30.5 Å². The Morgan fingerprint density at radius 1 is 1.04 bits per heavy atom. The molecule has 2 aromatic carbocycles. The van der Waals surface area contributed by atoms with Gasteiger partial charge in [-0.25, -0.2) is 0 Å². The summed E-state index contributed by atoms with van der Waals surface area (Å²) in [7, 11) is 0. The molecule has 0 N–H and O–H groups in total. The van der Waals surface area contributed by atoms with Crippen LogP contribution in [0, 0.1) is 0 Å². The van der Waals surface area contributed by atoms with Crippen LogP contribution in [0.2, 0.25) is 0 Å². The molecule has 25 heavy (non-hydrogen) atoms. The summed E-state index contributed by atoms with van der Waals surface area (Å²) in [6.45, 7) is 2.31. The molecule has 0 atom stereocenters. The first kappa shape index (κ1) is 15.8. The Bertz CT molecular complexity index is 860. The van der Waals surface area contributed by atoms with E-state index in [0.717, 1.165) is 60.2 Å². The van der Waals surface area contributed by atoms with Gasteiger partial charge in [-0.2, -0.15) is 0 Å². The number of hydrogen-bond acceptors (Lipinski definition) is 3. The summed E-state index contributed by atoms with van der Waals surface area (Å²) in [5, 5.41) is 1.11. The van der Waals surface area contributed by atoms with Crippen LogP contribution in [0.1, 0.15) is 28.8 Å². The molecule has 0 saturated carbocycles. The highest BCUT2D eigenvalue weighted by molar-refractivity contribution is 5.94. The summed E-state index contributed by atoms with van der Waals surface area (Å²) in [5.41, 5.74) is 2.80. The molecule has 4 nitrogen and oxygen atoms in total. The third kappa shape index (κ3) is 3.38. The van der Waals surface area contributed by atoms with Crippen molar-refractivity contribution in [1.82, 2.24) is 4.90 Å². The second-order valence-electron chi connectivity index (χ2n) is 6.38. The average molecular weight is 335 g/mol. The first-order valence-electron chi connectivity index (χ1n) is 8.78. The number of carbonyl (C=O) groups is 1. The lowest BCUT2D eigenvalue weighted by Crippen LogP contribution is -2.27. The fourth-order valence-electron chi connectivity index (χ4n) is 3.33. The molecule has 1 saturated heterocycles. The van der Waals surface area contributed by atoms with E-state index in [4.69, 9.17) is 9.15 Å². The maximum absolute atomic E-state index is 12.3. The summed E-state index contributed by atoms with van der Waals surface area (Å²) < 4.78 is 11.4. The number of furan rings is 1. The molecule has 4 rings (SSSR count). The average Bonchev–Trinajstić information content (AvgIpc) is 3.34. The summed E-state index contributed by atoms with van der Waals surface area (Å²) >= 11 is 0. The van der Waals surface area contributed by atoms with Crippen molar-refractivity contribution in [2.24, 2.45) is 0 Å². The molecule has 2 heterocycles. The summed E-state index contributed by atoms with van der Waals surface area (Å²) in [6.07, 6.45) is 4.70. The molecule has 4 heteroatoms. The van der Waals surface area contributed by atoms with Crippen molar-refractivity contribution >= 4 is 16.9 Å². The van der Waals surface area contributed by atoms with Crippen molar-refractivity contribution in [3.05, 3.63) is 65.9 Å². The van der Waals surface area contributed by atoms with Crippen molar-refractivity contribution in [2.45, 2.75) is 19.3 Å². The topological polar surface area (TPSA) is 42.7 Å². The zero-order chi connectivity index (χ0) is 17.1. The smallest absolute Gasteiger partial charge is 0.253 e. The standard InChI is InChI=1S/C21H21NO3/c23-21(22-12-1-2-13-22)18-6-8-19(9-7-18)24-14-10-16-4-3-5-17-11-15-25-20(16)17/h3-9,11,15H,1-2,10,12-14H2. The number of para-hydroxylation sites is 1. The lowest BCUT2D eigenvalue weighted by Gasteiger charge is -2.15. The molecular formula is C21H21NO3. The van der Waals surface area contributed by atoms with Gasteiger partial charge in [-0.15, -0.1) is 0 Å². The zero-order valence-electron chi connectivity index (χ0n) is 14.1. The van der Waals surface area contributed by atoms with E-state index in [0.29, 0.717) is 6.61 Å². The Labute approximate surface area is 147 Å². The van der Waals surface area contributed by atoms with Crippen LogP contribution in [0.3, 0.4) is 0 Å². The minimum absolute atomic E-state index is 0.119. The van der Waals surface area contributed by atoms with Gasteiger partial charge in [-0.3, -0.25) is 4.79 Å². The maximum Gasteiger partial charge on any atom is 0.253 e. The molecule has 1 fully saturated rings. The third-order valence-electron chi connectivity index (χ3n) is 4.70. The zero-order valence-corrected chi connectivity index (χ0v) is 14.1. The van der Waals surface area contributed by atoms with Crippen LogP contribution in [0.4, 0.5) is 0 Å². The molecule has 1 aliphatic rings. The predicted molar refractivity (Wildman–Crippen MR) is 97.0 cm³/mol. The van der Waals surface area contributed by atoms with E-state index in [1.807, 2.05) is 47.4 Å². The van der Waals surface area contributed by atoms with Gasteiger partial charge in [0.25, 0.3) is 5.91 Å². The van der Waals surface area contributed by atoms with Crippen molar-refractivity contribution in [1.29, 1.82) is 0 Å². The van der Waals surface area contributed by atoms with Gasteiger partial charge < -0.3 is 14.1 Å². The SMILES string of the molecule is O=C(c1ccc(OCCc2cccc3ccoc23)cc1)N1CCCC1. The highest BCUT2D eigenvalue weighted by atomic mass is 16.5. The molecule has 0 bridgehead atoms. The Morgan fingerprint density at radius 2 is 1.84 bits per heavy atom. The van der Waals surface area contributed by atoms with Gasteiger partial charge in [-0.1, -0.05) is 18.2 Å². The van der Waals surface area contributed by atoms with Gasteiger partial charge in [-0.05, 0) is 48.7 Å². The molecule has 0 unspecified atom stereocenters. The van der Waals surface area contributed by atoms with E-state index in [2.05, 4.69) is 6.07 Å². The molecule has 1 amide bonds. The molecular weight excluding hydrogens is 314 g/mol. The number of amides is 1. The first-order chi connectivity index (χ1) is 12.3. The van der Waals surface area contributed by atoms with Crippen molar-refractivity contribution in [3.63, 3.8) is 0 Å². The number of fused-ring (bicyclic) bond motifs is 1. The van der Waals surface area contributed by atoms with E-state index >= 15 is 0 Å². The number of likely N-dealkylation sites (tertiary alicyclic amines) is 1. The number of carbonyl (C=O) groups excluding carboxylic acids is 1. The van der Waals surface area contributed by atoms with Gasteiger partial charge in [0.2, 0.25) is 0 Å². The first-order valence-corrected chi connectivity index (χ1v) is 8.78. The Kier molecular flexibility index (Phi) is 4.42.